The Morgan fingerprint density at radius 2 is 2.00 bits per heavy atom. The summed E-state index contributed by atoms with van der Waals surface area (Å²) in [6.07, 6.45) is 0.174. The van der Waals surface area contributed by atoms with Gasteiger partial charge in [0, 0.05) is 30.9 Å². The molecule has 2 aromatic heterocycles. The summed E-state index contributed by atoms with van der Waals surface area (Å²) in [4.78, 5) is 12.4. The first-order chi connectivity index (χ1) is 11.8. The molecular weight excluding hydrogens is 368 g/mol. The van der Waals surface area contributed by atoms with Crippen molar-refractivity contribution in [3.8, 4) is 10.4 Å². The lowest BCUT2D eigenvalue weighted by molar-refractivity contribution is -0.147. The number of ether oxygens (including phenoxy) is 1. The zero-order valence-corrected chi connectivity index (χ0v) is 15.4. The molecule has 1 aliphatic rings. The molecule has 136 valence electrons. The lowest BCUT2D eigenvalue weighted by Gasteiger charge is -2.33. The van der Waals surface area contributed by atoms with Crippen LogP contribution in [-0.2, 0) is 19.6 Å². The number of carbonyl (C=O) groups is 1. The lowest BCUT2D eigenvalue weighted by atomic mass is 9.92. The fourth-order valence-electron chi connectivity index (χ4n) is 2.82. The molecule has 0 bridgehead atoms. The van der Waals surface area contributed by atoms with Crippen LogP contribution in [0.4, 0.5) is 0 Å². The predicted octanol–water partition coefficient (Wildman–Crippen LogP) is 1.93. The number of nitrogens with zero attached hydrogens (tertiary/aromatic N) is 1. The molecule has 10 heteroatoms. The molecule has 25 heavy (non-hydrogen) atoms. The zero-order chi connectivity index (χ0) is 18.2. The highest BCUT2D eigenvalue weighted by Gasteiger charge is 2.44. The van der Waals surface area contributed by atoms with E-state index in [1.54, 1.807) is 19.9 Å². The summed E-state index contributed by atoms with van der Waals surface area (Å²) in [5.74, 6) is -0.593. The Morgan fingerprint density at radius 1 is 1.32 bits per heavy atom. The van der Waals surface area contributed by atoms with Crippen molar-refractivity contribution < 1.29 is 27.6 Å². The Kier molecular flexibility index (Phi) is 4.71. The summed E-state index contributed by atoms with van der Waals surface area (Å²) in [7, 11) is -3.98. The normalized spacial score (nSPS) is 17.5. The number of thiophene rings is 1. The second kappa shape index (κ2) is 6.52. The second-order valence-electron chi connectivity index (χ2n) is 5.92. The zero-order valence-electron chi connectivity index (χ0n) is 13.7. The van der Waals surface area contributed by atoms with Gasteiger partial charge in [-0.15, -0.1) is 11.3 Å². The van der Waals surface area contributed by atoms with Crippen molar-refractivity contribution in [2.45, 2.75) is 36.4 Å². The Bertz CT molecular complexity index is 874. The quantitative estimate of drug-likeness (QED) is 0.806. The largest absolute Gasteiger partial charge is 0.480 e. The predicted molar refractivity (Wildman–Crippen MR) is 90.0 cm³/mol. The van der Waals surface area contributed by atoms with Crippen LogP contribution in [0.2, 0.25) is 0 Å². The highest BCUT2D eigenvalue weighted by Crippen LogP contribution is 2.35. The minimum atomic E-state index is -3.98. The van der Waals surface area contributed by atoms with Gasteiger partial charge in [-0.05, 0) is 26.0 Å². The SMILES string of the molecule is Cc1noc(C)c1-c1ccc(S(=O)(=O)NC2(C(=O)O)CCOCC2)s1. The summed E-state index contributed by atoms with van der Waals surface area (Å²) in [5.41, 5.74) is -0.113. The maximum atomic E-state index is 12.7. The molecule has 0 unspecified atom stereocenters. The van der Waals surface area contributed by atoms with Crippen molar-refractivity contribution in [1.29, 1.82) is 0 Å². The molecule has 1 aliphatic heterocycles. The van der Waals surface area contributed by atoms with Gasteiger partial charge in [0.05, 0.1) is 11.3 Å². The maximum absolute atomic E-state index is 12.7. The van der Waals surface area contributed by atoms with Gasteiger partial charge in [0.25, 0.3) is 10.0 Å². The van der Waals surface area contributed by atoms with Crippen LogP contribution in [0.1, 0.15) is 24.3 Å². The molecule has 0 aliphatic carbocycles. The molecule has 3 heterocycles. The highest BCUT2D eigenvalue weighted by molar-refractivity contribution is 7.91. The van der Waals surface area contributed by atoms with Gasteiger partial charge in [-0.2, -0.15) is 4.72 Å². The fraction of sp³-hybridized carbons (Fsp3) is 0.467. The van der Waals surface area contributed by atoms with E-state index >= 15 is 0 Å². The second-order valence-corrected chi connectivity index (χ2v) is 8.92. The number of carboxylic acid groups (broad SMARTS) is 1. The van der Waals surface area contributed by atoms with Gasteiger partial charge in [-0.1, -0.05) is 5.16 Å². The molecule has 8 nitrogen and oxygen atoms in total. The van der Waals surface area contributed by atoms with Crippen LogP contribution in [0.5, 0.6) is 0 Å². The van der Waals surface area contributed by atoms with E-state index < -0.39 is 21.5 Å². The fourth-order valence-corrected chi connectivity index (χ4v) is 5.69. The van der Waals surface area contributed by atoms with E-state index in [0.717, 1.165) is 16.9 Å². The molecule has 2 N–H and O–H groups in total. The minimum absolute atomic E-state index is 0.0506. The average molecular weight is 386 g/mol. The molecule has 0 amide bonds. The van der Waals surface area contributed by atoms with Gasteiger partial charge in [-0.25, -0.2) is 8.42 Å². The Balaban J connectivity index is 1.92. The average Bonchev–Trinajstić information content (AvgIpc) is 3.15. The molecule has 0 saturated carbocycles. The summed E-state index contributed by atoms with van der Waals surface area (Å²) in [6, 6.07) is 3.13. The molecule has 1 fully saturated rings. The van der Waals surface area contributed by atoms with Crippen LogP contribution >= 0.6 is 11.3 Å². The van der Waals surface area contributed by atoms with Crippen molar-refractivity contribution in [2.24, 2.45) is 0 Å². The molecule has 0 atom stereocenters. The molecule has 1 saturated heterocycles. The van der Waals surface area contributed by atoms with Crippen LogP contribution in [0.3, 0.4) is 0 Å². The summed E-state index contributed by atoms with van der Waals surface area (Å²) in [5, 5.41) is 13.4. The third-order valence-corrected chi connectivity index (χ3v) is 7.34. The van der Waals surface area contributed by atoms with E-state index in [0.29, 0.717) is 16.3 Å². The van der Waals surface area contributed by atoms with Crippen molar-refractivity contribution >= 4 is 27.3 Å². The number of rotatable bonds is 5. The van der Waals surface area contributed by atoms with E-state index in [4.69, 9.17) is 9.26 Å². The van der Waals surface area contributed by atoms with Crippen LogP contribution in [0.15, 0.2) is 20.9 Å². The number of aromatic nitrogens is 1. The summed E-state index contributed by atoms with van der Waals surface area (Å²) >= 11 is 1.05. The number of nitrogens with one attached hydrogen (secondary N) is 1. The number of carboxylic acids is 1. The first-order valence-electron chi connectivity index (χ1n) is 7.63. The standard InChI is InChI=1S/C15H18N2O6S2/c1-9-13(10(2)23-16-9)11-3-4-12(24-11)25(20,21)17-15(14(18)19)5-7-22-8-6-15/h3-4,17H,5-8H2,1-2H3,(H,18,19). The number of aliphatic carboxylic acids is 1. The van der Waals surface area contributed by atoms with Crippen molar-refractivity contribution in [3.63, 3.8) is 0 Å². The Morgan fingerprint density at radius 3 is 2.56 bits per heavy atom. The van der Waals surface area contributed by atoms with Crippen molar-refractivity contribution in [2.75, 3.05) is 13.2 Å². The lowest BCUT2D eigenvalue weighted by Crippen LogP contribution is -2.57. The monoisotopic (exact) mass is 386 g/mol. The topological polar surface area (TPSA) is 119 Å². The van der Waals surface area contributed by atoms with E-state index in [2.05, 4.69) is 9.88 Å². The van der Waals surface area contributed by atoms with Crippen molar-refractivity contribution in [1.82, 2.24) is 9.88 Å². The van der Waals surface area contributed by atoms with Crippen LogP contribution in [0.25, 0.3) is 10.4 Å². The van der Waals surface area contributed by atoms with Crippen molar-refractivity contribution in [3.05, 3.63) is 23.6 Å². The third-order valence-electron chi connectivity index (χ3n) is 4.21. The van der Waals surface area contributed by atoms with Gasteiger partial charge in [0.15, 0.2) is 0 Å². The van der Waals surface area contributed by atoms with Gasteiger partial charge >= 0.3 is 5.97 Å². The third kappa shape index (κ3) is 3.34. The number of sulfonamides is 1. The highest BCUT2D eigenvalue weighted by atomic mass is 32.2. The maximum Gasteiger partial charge on any atom is 0.325 e. The van der Waals surface area contributed by atoms with Gasteiger partial charge in [0.2, 0.25) is 0 Å². The van der Waals surface area contributed by atoms with E-state index in [1.165, 1.54) is 6.07 Å². The van der Waals surface area contributed by atoms with Gasteiger partial charge < -0.3 is 14.4 Å². The molecule has 3 rings (SSSR count). The van der Waals surface area contributed by atoms with Gasteiger partial charge in [-0.3, -0.25) is 4.79 Å². The van der Waals surface area contributed by atoms with Crippen LogP contribution < -0.4 is 4.72 Å². The Hall–Kier alpha value is -1.75. The van der Waals surface area contributed by atoms with E-state index in [1.807, 2.05) is 0 Å². The molecule has 0 spiro atoms. The summed E-state index contributed by atoms with van der Waals surface area (Å²) in [6.45, 7) is 3.93. The van der Waals surface area contributed by atoms with Crippen LogP contribution in [0, 0.1) is 13.8 Å². The summed E-state index contributed by atoms with van der Waals surface area (Å²) < 4.78 is 38.1. The molecule has 0 aromatic carbocycles. The molecule has 0 radical (unpaired) electrons. The van der Waals surface area contributed by atoms with Gasteiger partial charge in [0.1, 0.15) is 15.5 Å². The van der Waals surface area contributed by atoms with Crippen LogP contribution in [-0.4, -0.2) is 43.4 Å². The van der Waals surface area contributed by atoms with E-state index in [9.17, 15) is 18.3 Å². The number of hydrogen-bond acceptors (Lipinski definition) is 7. The molecular formula is C15H18N2O6S2. The number of aryl methyl sites for hydroxylation is 2. The smallest absolute Gasteiger partial charge is 0.325 e. The van der Waals surface area contributed by atoms with E-state index in [-0.39, 0.29) is 30.3 Å². The number of hydrogen-bond donors (Lipinski definition) is 2. The first kappa shape index (κ1) is 18.1. The minimum Gasteiger partial charge on any atom is -0.480 e. The molecule has 2 aromatic rings. The first-order valence-corrected chi connectivity index (χ1v) is 9.93. The Labute approximate surface area is 148 Å².